The molecule has 310 valence electrons. The molecule has 0 saturated heterocycles. The van der Waals surface area contributed by atoms with Crippen molar-refractivity contribution in [2.75, 3.05) is 13.2 Å². The number of rotatable bonds is 32. The number of phosphoric acid groups is 1. The van der Waals surface area contributed by atoms with Gasteiger partial charge in [0.2, 0.25) is 0 Å². The molecule has 53 heavy (non-hydrogen) atoms. The summed E-state index contributed by atoms with van der Waals surface area (Å²) in [6.45, 7) is 3.18. The van der Waals surface area contributed by atoms with Gasteiger partial charge in [-0.3, -0.25) is 18.6 Å². The van der Waals surface area contributed by atoms with E-state index in [1.165, 1.54) is 25.7 Å². The molecule has 0 aliphatic heterocycles. The molecular formula is C39H71O13P. The Morgan fingerprint density at radius 1 is 0.585 bits per heavy atom. The summed E-state index contributed by atoms with van der Waals surface area (Å²) in [6, 6.07) is 0. The summed E-state index contributed by atoms with van der Waals surface area (Å²) >= 11 is 0. The molecule has 6 N–H and O–H groups in total. The van der Waals surface area contributed by atoms with Crippen molar-refractivity contribution in [2.24, 2.45) is 0 Å². The highest BCUT2D eigenvalue weighted by Gasteiger charge is 2.51. The molecule has 0 heterocycles. The molecule has 0 bridgehead atoms. The van der Waals surface area contributed by atoms with Crippen LogP contribution in [-0.4, -0.2) is 98.3 Å². The van der Waals surface area contributed by atoms with E-state index < -0.39 is 75.7 Å². The number of carbonyl (C=O) groups is 2. The Kier molecular flexibility index (Phi) is 28.4. The maximum atomic E-state index is 12.7. The highest BCUT2D eigenvalue weighted by atomic mass is 31.2. The minimum absolute atomic E-state index is 0.0895. The second-order valence-electron chi connectivity index (χ2n) is 14.1. The van der Waals surface area contributed by atoms with Crippen molar-refractivity contribution in [2.45, 2.75) is 198 Å². The van der Waals surface area contributed by atoms with Gasteiger partial charge in [0.05, 0.1) is 6.61 Å². The standard InChI is InChI=1S/C39H71O13P/c1-3-5-7-9-11-12-13-14-15-16-17-18-19-20-22-24-26-28-33(41)51-31(29-49-32(40)27-25-23-21-10-8-6-4-2)30-50-53(47,48)52-39-37(45)35(43)34(42)36(44)38(39)46/h11-12,14-15,31,34-39,42-46H,3-10,13,16-30H2,1-2H3,(H,47,48)/b12-11-,15-14-. The van der Waals surface area contributed by atoms with Crippen molar-refractivity contribution in [1.29, 1.82) is 0 Å². The summed E-state index contributed by atoms with van der Waals surface area (Å²) in [5, 5.41) is 49.9. The summed E-state index contributed by atoms with van der Waals surface area (Å²) < 4.78 is 33.3. The Labute approximate surface area is 317 Å². The van der Waals surface area contributed by atoms with E-state index in [1.807, 2.05) is 0 Å². The molecule has 0 spiro atoms. The fourth-order valence-electron chi connectivity index (χ4n) is 5.96. The minimum Gasteiger partial charge on any atom is -0.462 e. The summed E-state index contributed by atoms with van der Waals surface area (Å²) in [4.78, 5) is 35.3. The lowest BCUT2D eigenvalue weighted by Crippen LogP contribution is -2.64. The highest BCUT2D eigenvalue weighted by molar-refractivity contribution is 7.47. The van der Waals surface area contributed by atoms with Crippen LogP contribution < -0.4 is 0 Å². The van der Waals surface area contributed by atoms with Gasteiger partial charge >= 0.3 is 19.8 Å². The molecule has 13 nitrogen and oxygen atoms in total. The number of allylic oxidation sites excluding steroid dienone is 4. The maximum Gasteiger partial charge on any atom is 0.472 e. The highest BCUT2D eigenvalue weighted by Crippen LogP contribution is 2.47. The van der Waals surface area contributed by atoms with E-state index in [1.54, 1.807) is 0 Å². The second-order valence-corrected chi connectivity index (χ2v) is 15.5. The van der Waals surface area contributed by atoms with Crippen LogP contribution in [0.15, 0.2) is 24.3 Å². The molecule has 0 amide bonds. The zero-order valence-corrected chi connectivity index (χ0v) is 33.2. The lowest BCUT2D eigenvalue weighted by molar-refractivity contribution is -0.220. The second kappa shape index (κ2) is 30.5. The first kappa shape index (κ1) is 49.3. The van der Waals surface area contributed by atoms with Gasteiger partial charge in [0, 0.05) is 12.8 Å². The summed E-state index contributed by atoms with van der Waals surface area (Å²) in [6.07, 6.45) is 17.0. The van der Waals surface area contributed by atoms with Gasteiger partial charge in [-0.05, 0) is 44.9 Å². The Morgan fingerprint density at radius 3 is 1.57 bits per heavy atom. The minimum atomic E-state index is -5.10. The van der Waals surface area contributed by atoms with Gasteiger partial charge in [0.25, 0.3) is 0 Å². The van der Waals surface area contributed by atoms with Crippen molar-refractivity contribution >= 4 is 19.8 Å². The lowest BCUT2D eigenvalue weighted by Gasteiger charge is -2.41. The van der Waals surface area contributed by atoms with Crippen molar-refractivity contribution in [3.8, 4) is 0 Å². The molecule has 0 aromatic heterocycles. The van der Waals surface area contributed by atoms with Crippen molar-refractivity contribution < 1.29 is 63.1 Å². The van der Waals surface area contributed by atoms with E-state index in [9.17, 15) is 44.6 Å². The Hall–Kier alpha value is -1.67. The van der Waals surface area contributed by atoms with Crippen LogP contribution in [0.4, 0.5) is 0 Å². The zero-order chi connectivity index (χ0) is 39.3. The van der Waals surface area contributed by atoms with Crippen molar-refractivity contribution in [1.82, 2.24) is 0 Å². The quantitative estimate of drug-likeness (QED) is 0.0187. The van der Waals surface area contributed by atoms with Gasteiger partial charge in [-0.25, -0.2) is 4.57 Å². The van der Waals surface area contributed by atoms with Crippen molar-refractivity contribution in [3.05, 3.63) is 24.3 Å². The summed E-state index contributed by atoms with van der Waals surface area (Å²) in [5.74, 6) is -1.12. The van der Waals surface area contributed by atoms with Crippen LogP contribution in [-0.2, 0) is 32.7 Å². The summed E-state index contributed by atoms with van der Waals surface area (Å²) in [5.41, 5.74) is 0. The number of ether oxygens (including phenoxy) is 2. The van der Waals surface area contributed by atoms with Crippen LogP contribution in [0.3, 0.4) is 0 Å². The zero-order valence-electron chi connectivity index (χ0n) is 32.3. The van der Waals surface area contributed by atoms with E-state index in [-0.39, 0.29) is 12.8 Å². The predicted molar refractivity (Wildman–Crippen MR) is 203 cm³/mol. The smallest absolute Gasteiger partial charge is 0.462 e. The molecule has 0 radical (unpaired) electrons. The van der Waals surface area contributed by atoms with Crippen LogP contribution in [0.5, 0.6) is 0 Å². The number of unbranched alkanes of at least 4 members (excludes halogenated alkanes) is 16. The third-order valence-corrected chi connectivity index (χ3v) is 10.3. The molecule has 0 aromatic carbocycles. The first-order chi connectivity index (χ1) is 25.4. The van der Waals surface area contributed by atoms with Crippen molar-refractivity contribution in [3.63, 3.8) is 0 Å². The molecule has 0 aromatic rings. The van der Waals surface area contributed by atoms with Crippen LogP contribution in [0.25, 0.3) is 0 Å². The number of hydrogen-bond acceptors (Lipinski definition) is 12. The molecule has 14 heteroatoms. The van der Waals surface area contributed by atoms with Gasteiger partial charge in [-0.2, -0.15) is 0 Å². The number of hydrogen-bond donors (Lipinski definition) is 6. The van der Waals surface area contributed by atoms with E-state index in [0.717, 1.165) is 89.9 Å². The maximum absolute atomic E-state index is 12.7. The number of carbonyl (C=O) groups excluding carboxylic acids is 2. The fraction of sp³-hybridized carbons (Fsp3) is 0.846. The third kappa shape index (κ3) is 23.8. The normalized spacial score (nSPS) is 23.7. The lowest BCUT2D eigenvalue weighted by atomic mass is 9.85. The van der Waals surface area contributed by atoms with Crippen LogP contribution in [0.1, 0.15) is 155 Å². The van der Waals surface area contributed by atoms with Gasteiger partial charge in [-0.15, -0.1) is 0 Å². The number of aliphatic hydroxyl groups excluding tert-OH is 5. The molecular weight excluding hydrogens is 707 g/mol. The summed E-state index contributed by atoms with van der Waals surface area (Å²) in [7, 11) is -5.10. The monoisotopic (exact) mass is 778 g/mol. The molecule has 6 unspecified atom stereocenters. The molecule has 6 atom stereocenters. The van der Waals surface area contributed by atoms with Gasteiger partial charge in [-0.1, -0.05) is 122 Å². The van der Waals surface area contributed by atoms with E-state index in [4.69, 9.17) is 18.5 Å². The molecule has 1 rings (SSSR count). The van der Waals surface area contributed by atoms with E-state index in [2.05, 4.69) is 38.2 Å². The number of phosphoric ester groups is 1. The first-order valence-corrected chi connectivity index (χ1v) is 21.6. The van der Waals surface area contributed by atoms with Crippen LogP contribution in [0, 0.1) is 0 Å². The van der Waals surface area contributed by atoms with E-state index >= 15 is 0 Å². The Balaban J connectivity index is 2.48. The Morgan fingerprint density at radius 2 is 1.02 bits per heavy atom. The SMILES string of the molecule is CCCCC/C=C\C/C=C\CCCCCCCCCC(=O)OC(COC(=O)CCCCCCCCC)COP(=O)(O)OC1C(O)C(O)C(O)C(O)C1O. The number of aliphatic hydroxyl groups is 5. The van der Waals surface area contributed by atoms with Crippen LogP contribution >= 0.6 is 7.82 Å². The molecule has 1 saturated carbocycles. The van der Waals surface area contributed by atoms with Gasteiger partial charge in [0.15, 0.2) is 6.10 Å². The number of esters is 2. The fourth-order valence-corrected chi connectivity index (χ4v) is 6.94. The largest absolute Gasteiger partial charge is 0.472 e. The Bertz CT molecular complexity index is 1040. The average molecular weight is 779 g/mol. The van der Waals surface area contributed by atoms with E-state index in [0.29, 0.717) is 12.8 Å². The topological polar surface area (TPSA) is 210 Å². The predicted octanol–water partition coefficient (Wildman–Crippen LogP) is 6.50. The van der Waals surface area contributed by atoms with Crippen LogP contribution in [0.2, 0.25) is 0 Å². The van der Waals surface area contributed by atoms with Gasteiger partial charge < -0.3 is 39.9 Å². The first-order valence-electron chi connectivity index (χ1n) is 20.1. The average Bonchev–Trinajstić information content (AvgIpc) is 3.13. The molecule has 1 fully saturated rings. The third-order valence-electron chi connectivity index (χ3n) is 9.30. The van der Waals surface area contributed by atoms with Gasteiger partial charge in [0.1, 0.15) is 43.2 Å². The molecule has 1 aliphatic carbocycles. The molecule has 1 aliphatic rings.